The van der Waals surface area contributed by atoms with E-state index in [1.54, 1.807) is 18.2 Å². The second kappa shape index (κ2) is 7.03. The number of esters is 1. The van der Waals surface area contributed by atoms with Crippen molar-refractivity contribution in [2.75, 3.05) is 0 Å². The fourth-order valence-corrected chi connectivity index (χ4v) is 2.42. The first kappa shape index (κ1) is 17.3. The second-order valence-electron chi connectivity index (χ2n) is 4.63. The van der Waals surface area contributed by atoms with Gasteiger partial charge in [-0.3, -0.25) is 0 Å². The van der Waals surface area contributed by atoms with Crippen molar-refractivity contribution >= 4 is 34.5 Å². The van der Waals surface area contributed by atoms with E-state index in [2.05, 4.69) is 0 Å². The molecule has 0 saturated heterocycles. The van der Waals surface area contributed by atoms with Crippen LogP contribution in [0.4, 0.5) is 8.78 Å². The van der Waals surface area contributed by atoms with Crippen molar-refractivity contribution in [3.8, 4) is 0 Å². The van der Waals surface area contributed by atoms with E-state index in [1.165, 1.54) is 36.4 Å². The standard InChI is InChI=1S/C16H11F2IO4/c17-16(18,15(21)22)13(10-5-2-1-3-6-10)23-14(20)11-7-4-8-12(19)9-11/h1-9,13H,(H,21,22). The van der Waals surface area contributed by atoms with E-state index in [0.29, 0.717) is 0 Å². The number of hydrogen-bond donors (Lipinski definition) is 1. The molecule has 0 aliphatic heterocycles. The molecule has 120 valence electrons. The highest BCUT2D eigenvalue weighted by Gasteiger charge is 2.51. The van der Waals surface area contributed by atoms with Crippen LogP contribution in [0.25, 0.3) is 0 Å². The lowest BCUT2D eigenvalue weighted by Crippen LogP contribution is -2.38. The molecule has 0 heterocycles. The summed E-state index contributed by atoms with van der Waals surface area (Å²) in [6, 6.07) is 13.2. The Kier molecular flexibility index (Phi) is 5.30. The van der Waals surface area contributed by atoms with Crippen LogP contribution in [0.3, 0.4) is 0 Å². The van der Waals surface area contributed by atoms with E-state index >= 15 is 0 Å². The normalized spacial score (nSPS) is 12.5. The molecule has 0 bridgehead atoms. The average Bonchev–Trinajstić information content (AvgIpc) is 2.52. The molecule has 0 aromatic heterocycles. The monoisotopic (exact) mass is 432 g/mol. The predicted octanol–water partition coefficient (Wildman–Crippen LogP) is 3.91. The van der Waals surface area contributed by atoms with Crippen LogP contribution in [0.1, 0.15) is 22.0 Å². The van der Waals surface area contributed by atoms with Gasteiger partial charge in [-0.05, 0) is 46.4 Å². The molecule has 0 amide bonds. The summed E-state index contributed by atoms with van der Waals surface area (Å²) >= 11 is 1.96. The van der Waals surface area contributed by atoms with Gasteiger partial charge in [0.25, 0.3) is 0 Å². The van der Waals surface area contributed by atoms with Crippen LogP contribution < -0.4 is 0 Å². The number of hydrogen-bond acceptors (Lipinski definition) is 3. The van der Waals surface area contributed by atoms with Gasteiger partial charge in [0, 0.05) is 3.57 Å². The SMILES string of the molecule is O=C(OC(c1ccccc1)C(F)(F)C(=O)O)c1cccc(I)c1. The van der Waals surface area contributed by atoms with E-state index in [-0.39, 0.29) is 11.1 Å². The Labute approximate surface area is 144 Å². The number of halogens is 3. The van der Waals surface area contributed by atoms with Crippen LogP contribution in [0.2, 0.25) is 0 Å². The van der Waals surface area contributed by atoms with Crippen molar-refractivity contribution in [1.82, 2.24) is 0 Å². The minimum absolute atomic E-state index is 0.0685. The van der Waals surface area contributed by atoms with Crippen molar-refractivity contribution < 1.29 is 28.2 Å². The van der Waals surface area contributed by atoms with Gasteiger partial charge in [-0.1, -0.05) is 36.4 Å². The number of carbonyl (C=O) groups is 2. The number of carboxylic acid groups (broad SMARTS) is 1. The Bertz CT molecular complexity index is 719. The lowest BCUT2D eigenvalue weighted by molar-refractivity contribution is -0.183. The summed E-state index contributed by atoms with van der Waals surface area (Å²) in [5.74, 6) is -7.63. The number of alkyl halides is 2. The molecule has 0 saturated carbocycles. The van der Waals surface area contributed by atoms with Gasteiger partial charge in [0.05, 0.1) is 5.56 Å². The van der Waals surface area contributed by atoms with E-state index in [0.717, 1.165) is 3.57 Å². The first-order valence-electron chi connectivity index (χ1n) is 6.45. The van der Waals surface area contributed by atoms with E-state index in [9.17, 15) is 18.4 Å². The summed E-state index contributed by atoms with van der Waals surface area (Å²) < 4.78 is 33.5. The third kappa shape index (κ3) is 4.04. The summed E-state index contributed by atoms with van der Waals surface area (Å²) in [7, 11) is 0. The molecule has 0 fully saturated rings. The molecule has 2 rings (SSSR count). The summed E-state index contributed by atoms with van der Waals surface area (Å²) in [5, 5.41) is 8.76. The molecule has 0 radical (unpaired) electrons. The van der Waals surface area contributed by atoms with Gasteiger partial charge >= 0.3 is 17.9 Å². The van der Waals surface area contributed by atoms with Crippen LogP contribution >= 0.6 is 22.6 Å². The zero-order valence-corrected chi connectivity index (χ0v) is 13.7. The van der Waals surface area contributed by atoms with Crippen molar-refractivity contribution in [3.05, 3.63) is 69.3 Å². The molecule has 2 aromatic carbocycles. The van der Waals surface area contributed by atoms with Gasteiger partial charge in [0.1, 0.15) is 0 Å². The number of rotatable bonds is 5. The Hall–Kier alpha value is -2.03. The van der Waals surface area contributed by atoms with E-state index < -0.39 is 24.0 Å². The van der Waals surface area contributed by atoms with Crippen LogP contribution in [0.5, 0.6) is 0 Å². The highest BCUT2D eigenvalue weighted by atomic mass is 127. The Morgan fingerprint density at radius 3 is 2.30 bits per heavy atom. The third-order valence-electron chi connectivity index (χ3n) is 3.00. The minimum atomic E-state index is -4.25. The summed E-state index contributed by atoms with van der Waals surface area (Å²) in [6.45, 7) is 0. The molecule has 1 N–H and O–H groups in total. The number of aliphatic carboxylic acids is 1. The summed E-state index contributed by atoms with van der Waals surface area (Å²) in [5.41, 5.74) is -0.0297. The van der Waals surface area contributed by atoms with Gasteiger partial charge in [-0.25, -0.2) is 9.59 Å². The molecular formula is C16H11F2IO4. The average molecular weight is 432 g/mol. The van der Waals surface area contributed by atoms with Gasteiger partial charge in [0.2, 0.25) is 6.10 Å². The summed E-state index contributed by atoms with van der Waals surface area (Å²) in [6.07, 6.45) is -2.22. The molecule has 0 aliphatic rings. The largest absolute Gasteiger partial charge is 0.477 e. The Balaban J connectivity index is 2.35. The molecule has 1 unspecified atom stereocenters. The second-order valence-corrected chi connectivity index (χ2v) is 5.88. The smallest absolute Gasteiger partial charge is 0.382 e. The maximum Gasteiger partial charge on any atom is 0.382 e. The molecule has 0 aliphatic carbocycles. The predicted molar refractivity (Wildman–Crippen MR) is 86.3 cm³/mol. The Morgan fingerprint density at radius 1 is 1.09 bits per heavy atom. The molecule has 4 nitrogen and oxygen atoms in total. The van der Waals surface area contributed by atoms with E-state index in [1.807, 2.05) is 22.6 Å². The summed E-state index contributed by atoms with van der Waals surface area (Å²) in [4.78, 5) is 23.0. The quantitative estimate of drug-likeness (QED) is 0.575. The lowest BCUT2D eigenvalue weighted by Gasteiger charge is -2.24. The zero-order chi connectivity index (χ0) is 17.0. The van der Waals surface area contributed by atoms with Gasteiger partial charge < -0.3 is 9.84 Å². The lowest BCUT2D eigenvalue weighted by atomic mass is 10.0. The maximum absolute atomic E-state index is 14.0. The molecule has 7 heteroatoms. The zero-order valence-electron chi connectivity index (χ0n) is 11.6. The fraction of sp³-hybridized carbons (Fsp3) is 0.125. The molecule has 1 atom stereocenters. The van der Waals surface area contributed by atoms with Crippen LogP contribution in [0, 0.1) is 3.57 Å². The highest BCUT2D eigenvalue weighted by molar-refractivity contribution is 14.1. The van der Waals surface area contributed by atoms with Gasteiger partial charge in [-0.2, -0.15) is 8.78 Å². The van der Waals surface area contributed by atoms with Crippen molar-refractivity contribution in [2.24, 2.45) is 0 Å². The van der Waals surface area contributed by atoms with E-state index in [4.69, 9.17) is 9.84 Å². The van der Waals surface area contributed by atoms with Gasteiger partial charge in [-0.15, -0.1) is 0 Å². The highest BCUT2D eigenvalue weighted by Crippen LogP contribution is 2.35. The van der Waals surface area contributed by atoms with Gasteiger partial charge in [0.15, 0.2) is 0 Å². The van der Waals surface area contributed by atoms with Crippen molar-refractivity contribution in [3.63, 3.8) is 0 Å². The molecule has 2 aromatic rings. The van der Waals surface area contributed by atoms with Crippen LogP contribution in [-0.2, 0) is 9.53 Å². The molecular weight excluding hydrogens is 421 g/mol. The topological polar surface area (TPSA) is 63.6 Å². The molecule has 0 spiro atoms. The number of carboxylic acids is 1. The fourth-order valence-electron chi connectivity index (χ4n) is 1.88. The first-order chi connectivity index (χ1) is 10.8. The number of benzene rings is 2. The minimum Gasteiger partial charge on any atom is -0.477 e. The number of ether oxygens (including phenoxy) is 1. The third-order valence-corrected chi connectivity index (χ3v) is 3.67. The number of carbonyl (C=O) groups excluding carboxylic acids is 1. The first-order valence-corrected chi connectivity index (χ1v) is 7.53. The van der Waals surface area contributed by atoms with Crippen molar-refractivity contribution in [2.45, 2.75) is 12.0 Å². The van der Waals surface area contributed by atoms with Crippen molar-refractivity contribution in [1.29, 1.82) is 0 Å². The Morgan fingerprint density at radius 2 is 1.74 bits per heavy atom. The van der Waals surface area contributed by atoms with Crippen LogP contribution in [-0.4, -0.2) is 23.0 Å². The molecule has 23 heavy (non-hydrogen) atoms. The van der Waals surface area contributed by atoms with Crippen LogP contribution in [0.15, 0.2) is 54.6 Å². The maximum atomic E-state index is 14.0.